The first-order valence-electron chi connectivity index (χ1n) is 7.07. The van der Waals surface area contributed by atoms with Crippen molar-refractivity contribution in [2.75, 3.05) is 7.11 Å². The summed E-state index contributed by atoms with van der Waals surface area (Å²) in [6.45, 7) is 4.24. The quantitative estimate of drug-likeness (QED) is 0.608. The van der Waals surface area contributed by atoms with Crippen molar-refractivity contribution in [3.63, 3.8) is 0 Å². The van der Waals surface area contributed by atoms with Crippen LogP contribution in [0.2, 0.25) is 0 Å². The molecule has 114 valence electrons. The lowest BCUT2D eigenvalue weighted by atomic mass is 10.0. The third kappa shape index (κ3) is 4.00. The van der Waals surface area contributed by atoms with Crippen molar-refractivity contribution in [2.24, 2.45) is 5.84 Å². The molecule has 1 unspecified atom stereocenters. The molecule has 5 nitrogen and oxygen atoms in total. The Balaban J connectivity index is 2.03. The van der Waals surface area contributed by atoms with E-state index in [0.29, 0.717) is 5.92 Å². The standard InChI is InChI=1S/C15H22N4OS/c1-10(2)14-15(21-19-18-14)13(17-16)9-6-11-4-7-12(20-3)8-5-11/h4-5,7-8,10,13,17H,6,9,16H2,1-3H3. The predicted molar refractivity (Wildman–Crippen MR) is 85.4 cm³/mol. The van der Waals surface area contributed by atoms with Crippen LogP contribution in [0.3, 0.4) is 0 Å². The first-order chi connectivity index (χ1) is 10.2. The Kier molecular flexibility index (Phi) is 5.67. The fourth-order valence-corrected chi connectivity index (χ4v) is 3.14. The van der Waals surface area contributed by atoms with E-state index in [1.165, 1.54) is 17.1 Å². The number of benzene rings is 1. The highest BCUT2D eigenvalue weighted by Gasteiger charge is 2.20. The van der Waals surface area contributed by atoms with Crippen molar-refractivity contribution in [1.82, 2.24) is 15.0 Å². The Morgan fingerprint density at radius 1 is 1.29 bits per heavy atom. The Hall–Kier alpha value is -1.50. The molecule has 1 aromatic heterocycles. The van der Waals surface area contributed by atoms with E-state index >= 15 is 0 Å². The van der Waals surface area contributed by atoms with Crippen LogP contribution in [0.15, 0.2) is 24.3 Å². The molecule has 0 saturated carbocycles. The molecule has 0 radical (unpaired) electrons. The van der Waals surface area contributed by atoms with Gasteiger partial charge in [0.15, 0.2) is 0 Å². The lowest BCUT2D eigenvalue weighted by molar-refractivity contribution is 0.414. The summed E-state index contributed by atoms with van der Waals surface area (Å²) in [6, 6.07) is 8.22. The minimum Gasteiger partial charge on any atom is -0.497 e. The van der Waals surface area contributed by atoms with Crippen molar-refractivity contribution in [1.29, 1.82) is 0 Å². The van der Waals surface area contributed by atoms with Gasteiger partial charge in [0.25, 0.3) is 0 Å². The molecule has 0 fully saturated rings. The van der Waals surface area contributed by atoms with Gasteiger partial charge in [0, 0.05) is 0 Å². The largest absolute Gasteiger partial charge is 0.497 e. The first-order valence-corrected chi connectivity index (χ1v) is 7.84. The topological polar surface area (TPSA) is 73.1 Å². The molecule has 1 atom stereocenters. The summed E-state index contributed by atoms with van der Waals surface area (Å²) in [7, 11) is 1.67. The zero-order valence-corrected chi connectivity index (χ0v) is 13.5. The van der Waals surface area contributed by atoms with E-state index in [-0.39, 0.29) is 6.04 Å². The van der Waals surface area contributed by atoms with Gasteiger partial charge in [-0.25, -0.2) is 0 Å². The number of rotatable bonds is 7. The van der Waals surface area contributed by atoms with E-state index in [9.17, 15) is 0 Å². The Bertz CT molecular complexity index is 553. The summed E-state index contributed by atoms with van der Waals surface area (Å²) in [6.07, 6.45) is 1.85. The monoisotopic (exact) mass is 306 g/mol. The minimum atomic E-state index is 0.0875. The number of nitrogens with one attached hydrogen (secondary N) is 1. The van der Waals surface area contributed by atoms with Gasteiger partial charge in [-0.1, -0.05) is 30.5 Å². The van der Waals surface area contributed by atoms with Crippen LogP contribution in [-0.2, 0) is 6.42 Å². The van der Waals surface area contributed by atoms with Gasteiger partial charge in [-0.2, -0.15) is 0 Å². The maximum Gasteiger partial charge on any atom is 0.118 e. The van der Waals surface area contributed by atoms with Gasteiger partial charge >= 0.3 is 0 Å². The second kappa shape index (κ2) is 7.49. The van der Waals surface area contributed by atoms with Crippen LogP contribution in [0.25, 0.3) is 0 Å². The molecule has 21 heavy (non-hydrogen) atoms. The van der Waals surface area contributed by atoms with Crippen molar-refractivity contribution in [3.05, 3.63) is 40.4 Å². The molecular formula is C15H22N4OS. The molecule has 0 aliphatic heterocycles. The van der Waals surface area contributed by atoms with E-state index in [1.54, 1.807) is 7.11 Å². The molecule has 2 aromatic rings. The van der Waals surface area contributed by atoms with Gasteiger partial charge in [-0.3, -0.25) is 11.3 Å². The number of aryl methyl sites for hydroxylation is 1. The predicted octanol–water partition coefficient (Wildman–Crippen LogP) is 2.81. The molecule has 2 rings (SSSR count). The summed E-state index contributed by atoms with van der Waals surface area (Å²) < 4.78 is 9.24. The number of hydrogen-bond acceptors (Lipinski definition) is 6. The number of nitrogens with two attached hydrogens (primary N) is 1. The second-order valence-corrected chi connectivity index (χ2v) is 6.07. The van der Waals surface area contributed by atoms with Gasteiger partial charge in [0.1, 0.15) is 5.75 Å². The highest BCUT2D eigenvalue weighted by atomic mass is 32.1. The lowest BCUT2D eigenvalue weighted by Crippen LogP contribution is -2.28. The summed E-state index contributed by atoms with van der Waals surface area (Å²) >= 11 is 1.43. The van der Waals surface area contributed by atoms with Crippen LogP contribution in [-0.4, -0.2) is 16.7 Å². The number of ether oxygens (including phenoxy) is 1. The van der Waals surface area contributed by atoms with E-state index in [2.05, 4.69) is 41.0 Å². The Morgan fingerprint density at radius 2 is 2.00 bits per heavy atom. The highest BCUT2D eigenvalue weighted by Crippen LogP contribution is 2.28. The fourth-order valence-electron chi connectivity index (χ4n) is 2.24. The maximum absolute atomic E-state index is 5.72. The van der Waals surface area contributed by atoms with Crippen LogP contribution in [0.1, 0.15) is 48.4 Å². The molecule has 1 heterocycles. The molecule has 0 amide bonds. The van der Waals surface area contributed by atoms with Gasteiger partial charge in [-0.05, 0) is 48.0 Å². The molecule has 0 aliphatic rings. The zero-order valence-electron chi connectivity index (χ0n) is 12.7. The summed E-state index contributed by atoms with van der Waals surface area (Å²) in [4.78, 5) is 1.14. The molecule has 1 aromatic carbocycles. The van der Waals surface area contributed by atoms with E-state index in [4.69, 9.17) is 10.6 Å². The van der Waals surface area contributed by atoms with E-state index < -0.39 is 0 Å². The number of nitrogens with zero attached hydrogens (tertiary/aromatic N) is 2. The normalized spacial score (nSPS) is 12.6. The molecule has 0 saturated heterocycles. The number of hydrogen-bond donors (Lipinski definition) is 2. The Labute approximate surface area is 129 Å². The molecule has 0 spiro atoms. The van der Waals surface area contributed by atoms with E-state index in [0.717, 1.165) is 29.2 Å². The van der Waals surface area contributed by atoms with Gasteiger partial charge in [0.2, 0.25) is 0 Å². The summed E-state index contributed by atoms with van der Waals surface area (Å²) in [5, 5.41) is 4.22. The molecule has 0 bridgehead atoms. The molecule has 0 aliphatic carbocycles. The van der Waals surface area contributed by atoms with Crippen LogP contribution < -0.4 is 16.0 Å². The van der Waals surface area contributed by atoms with Crippen LogP contribution in [0.4, 0.5) is 0 Å². The zero-order chi connectivity index (χ0) is 15.2. The van der Waals surface area contributed by atoms with Gasteiger partial charge < -0.3 is 4.74 Å². The average molecular weight is 306 g/mol. The van der Waals surface area contributed by atoms with Gasteiger partial charge in [0.05, 0.1) is 23.7 Å². The third-order valence-electron chi connectivity index (χ3n) is 3.49. The maximum atomic E-state index is 5.72. The number of aromatic nitrogens is 2. The second-order valence-electron chi connectivity index (χ2n) is 5.28. The summed E-state index contributed by atoms with van der Waals surface area (Å²) in [5.74, 6) is 6.96. The third-order valence-corrected chi connectivity index (χ3v) is 4.34. The molecule has 6 heteroatoms. The van der Waals surface area contributed by atoms with Crippen LogP contribution >= 0.6 is 11.5 Å². The fraction of sp³-hybridized carbons (Fsp3) is 0.467. The van der Waals surface area contributed by atoms with Crippen molar-refractivity contribution in [3.8, 4) is 5.75 Å². The van der Waals surface area contributed by atoms with Crippen LogP contribution in [0, 0.1) is 0 Å². The van der Waals surface area contributed by atoms with Crippen molar-refractivity contribution < 1.29 is 4.74 Å². The average Bonchev–Trinajstić information content (AvgIpc) is 2.98. The highest BCUT2D eigenvalue weighted by molar-refractivity contribution is 7.05. The Morgan fingerprint density at radius 3 is 2.57 bits per heavy atom. The van der Waals surface area contributed by atoms with Gasteiger partial charge in [-0.15, -0.1) is 5.10 Å². The van der Waals surface area contributed by atoms with Crippen LogP contribution in [0.5, 0.6) is 5.75 Å². The number of methoxy groups -OCH3 is 1. The number of hydrazine groups is 1. The summed E-state index contributed by atoms with van der Waals surface area (Å²) in [5.41, 5.74) is 5.20. The first kappa shape index (κ1) is 15.9. The van der Waals surface area contributed by atoms with Crippen molar-refractivity contribution in [2.45, 2.75) is 38.6 Å². The van der Waals surface area contributed by atoms with Crippen molar-refractivity contribution >= 4 is 11.5 Å². The molecular weight excluding hydrogens is 284 g/mol. The minimum absolute atomic E-state index is 0.0875. The lowest BCUT2D eigenvalue weighted by Gasteiger charge is -2.16. The smallest absolute Gasteiger partial charge is 0.118 e. The van der Waals surface area contributed by atoms with E-state index in [1.807, 2.05) is 12.1 Å². The molecule has 3 N–H and O–H groups in total. The SMILES string of the molecule is COc1ccc(CCC(NN)c2snnc2C(C)C)cc1.